The van der Waals surface area contributed by atoms with E-state index in [1.807, 2.05) is 0 Å². The summed E-state index contributed by atoms with van der Waals surface area (Å²) >= 11 is 0. The van der Waals surface area contributed by atoms with Crippen molar-refractivity contribution in [2.24, 2.45) is 0 Å². The predicted octanol–water partition coefficient (Wildman–Crippen LogP) is -0.555. The average Bonchev–Trinajstić information content (AvgIpc) is 2.42. The maximum absolute atomic E-state index is 11.9. The summed E-state index contributed by atoms with van der Waals surface area (Å²) in [6.07, 6.45) is 0.840. The molecule has 2 unspecified atom stereocenters. The summed E-state index contributed by atoms with van der Waals surface area (Å²) in [7, 11) is 0. The third kappa shape index (κ3) is 1.34. The molecule has 0 spiro atoms. The van der Waals surface area contributed by atoms with Gasteiger partial charge in [0.2, 0.25) is 11.6 Å². The zero-order chi connectivity index (χ0) is 13.8. The molecule has 7 heteroatoms. The number of hydrogen-bond acceptors (Lipinski definition) is 7. The minimum absolute atomic E-state index is 0.136. The molecule has 1 aromatic heterocycles. The molecule has 1 aromatic rings. The lowest BCUT2D eigenvalue weighted by atomic mass is 9.66. The largest absolute Gasteiger partial charge is 0.359 e. The second-order valence-corrected chi connectivity index (χ2v) is 4.69. The molecule has 19 heavy (non-hydrogen) atoms. The van der Waals surface area contributed by atoms with Crippen molar-refractivity contribution in [3.8, 4) is 12.1 Å². The monoisotopic (exact) mass is 256 g/mol. The van der Waals surface area contributed by atoms with Crippen molar-refractivity contribution in [1.29, 1.82) is 10.5 Å². The predicted molar refractivity (Wildman–Crippen MR) is 58.4 cm³/mol. The molecule has 1 fully saturated rings. The van der Waals surface area contributed by atoms with Gasteiger partial charge in [-0.2, -0.15) is 10.5 Å². The van der Waals surface area contributed by atoms with Crippen LogP contribution in [0.1, 0.15) is 47.5 Å². The van der Waals surface area contributed by atoms with Crippen LogP contribution in [0.2, 0.25) is 0 Å². The molecule has 0 amide bonds. The van der Waals surface area contributed by atoms with Gasteiger partial charge in [0.05, 0.1) is 23.2 Å². The van der Waals surface area contributed by atoms with Gasteiger partial charge in [-0.15, -0.1) is 0 Å². The summed E-state index contributed by atoms with van der Waals surface area (Å²) in [4.78, 5) is 19.9. The lowest BCUT2D eigenvalue weighted by molar-refractivity contribution is -0.203. The fourth-order valence-electron chi connectivity index (χ4n) is 2.81. The Balaban J connectivity index is 2.29. The van der Waals surface area contributed by atoms with Gasteiger partial charge in [-0.1, -0.05) is 0 Å². The molecule has 2 bridgehead atoms. The second kappa shape index (κ2) is 3.58. The number of aliphatic hydroxyl groups is 2. The van der Waals surface area contributed by atoms with Crippen LogP contribution in [0.4, 0.5) is 0 Å². The molecular weight excluding hydrogens is 248 g/mol. The minimum atomic E-state index is -2.45. The molecule has 2 atom stereocenters. The fraction of sp³-hybridized carbons (Fsp3) is 0.417. The normalized spacial score (nSPS) is 26.4. The van der Waals surface area contributed by atoms with Gasteiger partial charge < -0.3 is 10.2 Å². The summed E-state index contributed by atoms with van der Waals surface area (Å²) < 4.78 is 0. The molecule has 4 rings (SSSR count). The van der Waals surface area contributed by atoms with Crippen LogP contribution in [-0.4, -0.2) is 31.8 Å². The number of hydrogen-bond donors (Lipinski definition) is 2. The van der Waals surface area contributed by atoms with E-state index in [0.717, 1.165) is 0 Å². The molecular formula is C12H8N4O3. The number of rotatable bonds is 0. The van der Waals surface area contributed by atoms with Crippen molar-refractivity contribution >= 4 is 5.78 Å². The summed E-state index contributed by atoms with van der Waals surface area (Å²) in [6, 6.07) is 3.51. The van der Waals surface area contributed by atoms with Gasteiger partial charge in [-0.25, -0.2) is 9.97 Å². The van der Waals surface area contributed by atoms with E-state index in [1.54, 1.807) is 12.1 Å². The first kappa shape index (κ1) is 11.7. The summed E-state index contributed by atoms with van der Waals surface area (Å²) in [5.74, 6) is -4.81. The second-order valence-electron chi connectivity index (χ2n) is 4.69. The third-order valence-corrected chi connectivity index (χ3v) is 3.73. The minimum Gasteiger partial charge on any atom is -0.359 e. The highest BCUT2D eigenvalue weighted by Gasteiger charge is 2.57. The van der Waals surface area contributed by atoms with Gasteiger partial charge in [0, 0.05) is 0 Å². The molecule has 0 aromatic carbocycles. The number of fused-ring (bicyclic) bond motifs is 2. The summed E-state index contributed by atoms with van der Waals surface area (Å²) in [5.41, 5.74) is 0.257. The maximum Gasteiger partial charge on any atom is 0.233 e. The van der Waals surface area contributed by atoms with Crippen molar-refractivity contribution in [3.05, 3.63) is 22.8 Å². The van der Waals surface area contributed by atoms with Crippen molar-refractivity contribution < 1.29 is 15.0 Å². The van der Waals surface area contributed by atoms with E-state index in [1.165, 1.54) is 0 Å². The van der Waals surface area contributed by atoms with Crippen LogP contribution in [0.5, 0.6) is 0 Å². The maximum atomic E-state index is 11.9. The average molecular weight is 256 g/mol. The number of Topliss-reactive ketones (excluding diaryl/α,β-unsaturated/α-hetero) is 1. The van der Waals surface area contributed by atoms with Gasteiger partial charge in [-0.05, 0) is 12.8 Å². The third-order valence-electron chi connectivity index (χ3n) is 3.73. The first-order valence-corrected chi connectivity index (χ1v) is 5.71. The highest BCUT2D eigenvalue weighted by molar-refractivity contribution is 5.95. The van der Waals surface area contributed by atoms with Crippen LogP contribution in [0, 0.1) is 22.7 Å². The molecule has 2 N–H and O–H groups in total. The molecule has 0 aliphatic heterocycles. The van der Waals surface area contributed by atoms with Gasteiger partial charge in [0.15, 0.2) is 11.4 Å². The Morgan fingerprint density at radius 1 is 1.11 bits per heavy atom. The number of nitrogens with zero attached hydrogens (tertiary/aromatic N) is 4. The van der Waals surface area contributed by atoms with Crippen LogP contribution in [-0.2, 0) is 4.79 Å². The lowest BCUT2D eigenvalue weighted by Crippen LogP contribution is -2.54. The van der Waals surface area contributed by atoms with Crippen LogP contribution >= 0.6 is 0 Å². The van der Waals surface area contributed by atoms with Crippen molar-refractivity contribution in [2.45, 2.75) is 30.5 Å². The Morgan fingerprint density at radius 2 is 1.68 bits per heavy atom. The van der Waals surface area contributed by atoms with Crippen molar-refractivity contribution in [3.63, 3.8) is 0 Å². The topological polar surface area (TPSA) is 131 Å². The Labute approximate surface area is 107 Å². The van der Waals surface area contributed by atoms with Gasteiger partial charge in [0.25, 0.3) is 0 Å². The van der Waals surface area contributed by atoms with E-state index in [2.05, 4.69) is 9.97 Å². The first-order valence-electron chi connectivity index (χ1n) is 5.71. The summed E-state index contributed by atoms with van der Waals surface area (Å²) in [6.45, 7) is 0. The van der Waals surface area contributed by atoms with Crippen LogP contribution < -0.4 is 0 Å². The molecule has 94 valence electrons. The SMILES string of the molecule is N#Cc1nc2c(nc1C#N)C1CCC2C(=O)C1(O)O. The molecule has 1 heterocycles. The van der Waals surface area contributed by atoms with Crippen molar-refractivity contribution in [2.75, 3.05) is 0 Å². The highest BCUT2D eigenvalue weighted by atomic mass is 16.5. The van der Waals surface area contributed by atoms with Crippen molar-refractivity contribution in [1.82, 2.24) is 9.97 Å². The standard InChI is InChI=1S/C12H8N4O3/c13-3-7-8(4-14)16-10-6-2-1-5(9(10)15-7)11(17)12(6,18)19/h5-6,18-19H,1-2H2. The lowest BCUT2D eigenvalue weighted by Gasteiger charge is -2.43. The smallest absolute Gasteiger partial charge is 0.233 e. The summed E-state index contributed by atoms with van der Waals surface area (Å²) in [5, 5.41) is 37.5. The number of carbonyl (C=O) groups excluding carboxylic acids is 1. The number of ketones is 1. The molecule has 7 nitrogen and oxygen atoms in total. The zero-order valence-corrected chi connectivity index (χ0v) is 9.66. The van der Waals surface area contributed by atoms with E-state index in [9.17, 15) is 15.0 Å². The van der Waals surface area contributed by atoms with E-state index < -0.39 is 23.4 Å². The molecule has 3 aliphatic carbocycles. The Kier molecular flexibility index (Phi) is 2.21. The quantitative estimate of drug-likeness (QED) is 0.595. The Morgan fingerprint density at radius 3 is 2.26 bits per heavy atom. The fourth-order valence-corrected chi connectivity index (χ4v) is 2.81. The first-order chi connectivity index (χ1) is 9.00. The van der Waals surface area contributed by atoms with E-state index in [4.69, 9.17) is 10.5 Å². The molecule has 1 saturated carbocycles. The molecule has 0 saturated heterocycles. The van der Waals surface area contributed by atoms with E-state index in [-0.39, 0.29) is 17.1 Å². The number of nitriles is 2. The van der Waals surface area contributed by atoms with E-state index in [0.29, 0.717) is 18.5 Å². The number of carbonyl (C=O) groups is 1. The van der Waals surface area contributed by atoms with Gasteiger partial charge in [-0.3, -0.25) is 4.79 Å². The van der Waals surface area contributed by atoms with Crippen LogP contribution in [0.25, 0.3) is 0 Å². The number of aromatic nitrogens is 2. The molecule has 0 radical (unpaired) electrons. The Bertz CT molecular complexity index is 683. The van der Waals surface area contributed by atoms with Crippen LogP contribution in [0.3, 0.4) is 0 Å². The molecule has 3 aliphatic rings. The van der Waals surface area contributed by atoms with E-state index >= 15 is 0 Å². The Hall–Kier alpha value is -2.35. The van der Waals surface area contributed by atoms with Gasteiger partial charge >= 0.3 is 0 Å². The zero-order valence-electron chi connectivity index (χ0n) is 9.66. The highest BCUT2D eigenvalue weighted by Crippen LogP contribution is 2.49. The van der Waals surface area contributed by atoms with Gasteiger partial charge in [0.1, 0.15) is 12.1 Å². The van der Waals surface area contributed by atoms with Crippen LogP contribution in [0.15, 0.2) is 0 Å².